The molecule has 1 saturated heterocycles. The van der Waals surface area contributed by atoms with E-state index in [4.69, 9.17) is 5.11 Å². The summed E-state index contributed by atoms with van der Waals surface area (Å²) in [5, 5.41) is 12.1. The number of benzene rings is 1. The van der Waals surface area contributed by atoms with Gasteiger partial charge in [-0.05, 0) is 38.8 Å². The summed E-state index contributed by atoms with van der Waals surface area (Å²) < 4.78 is 0. The van der Waals surface area contributed by atoms with Crippen LogP contribution in [0.1, 0.15) is 26.7 Å². The van der Waals surface area contributed by atoms with Crippen LogP contribution in [-0.4, -0.2) is 60.1 Å². The lowest BCUT2D eigenvalue weighted by Gasteiger charge is -2.35. The molecule has 0 atom stereocenters. The minimum atomic E-state index is -0.947. The molecular weight excluding hydrogens is 306 g/mol. The second-order valence-corrected chi connectivity index (χ2v) is 6.56. The van der Waals surface area contributed by atoms with Crippen LogP contribution < -0.4 is 10.2 Å². The van der Waals surface area contributed by atoms with Crippen molar-refractivity contribution >= 4 is 17.6 Å². The highest BCUT2D eigenvalue weighted by Gasteiger charge is 2.23. The first-order valence-corrected chi connectivity index (χ1v) is 8.51. The Balaban J connectivity index is 1.88. The van der Waals surface area contributed by atoms with Crippen LogP contribution in [0.25, 0.3) is 0 Å². The van der Waals surface area contributed by atoms with Crippen molar-refractivity contribution in [3.05, 3.63) is 30.3 Å². The Morgan fingerprint density at radius 3 is 2.38 bits per heavy atom. The van der Waals surface area contributed by atoms with Gasteiger partial charge in [0.1, 0.15) is 6.54 Å². The summed E-state index contributed by atoms with van der Waals surface area (Å²) >= 11 is 0. The molecule has 0 unspecified atom stereocenters. The van der Waals surface area contributed by atoms with Gasteiger partial charge in [-0.3, -0.25) is 9.59 Å². The van der Waals surface area contributed by atoms with Crippen molar-refractivity contribution in [3.63, 3.8) is 0 Å². The summed E-state index contributed by atoms with van der Waals surface area (Å²) in [6, 6.07) is 9.88. The Morgan fingerprint density at radius 1 is 1.21 bits per heavy atom. The van der Waals surface area contributed by atoms with Gasteiger partial charge in [-0.25, -0.2) is 0 Å². The molecule has 2 N–H and O–H groups in total. The van der Waals surface area contributed by atoms with Crippen molar-refractivity contribution in [2.75, 3.05) is 31.1 Å². The normalized spacial score (nSPS) is 16.1. The van der Waals surface area contributed by atoms with Crippen LogP contribution in [-0.2, 0) is 9.59 Å². The standard InChI is InChI=1S/C18H27N3O3/c1-14(2)20-10-8-15(9-11-20)19-17(22)12-21(13-18(23)24)16-6-4-3-5-7-16/h3-7,14-15H,8-13H2,1-2H3,(H,19,22)(H,23,24). The van der Waals surface area contributed by atoms with Crippen molar-refractivity contribution in [2.24, 2.45) is 0 Å². The fourth-order valence-corrected chi connectivity index (χ4v) is 3.05. The molecule has 132 valence electrons. The zero-order chi connectivity index (χ0) is 17.5. The second-order valence-electron chi connectivity index (χ2n) is 6.56. The third-order valence-corrected chi connectivity index (χ3v) is 4.41. The van der Waals surface area contributed by atoms with Crippen LogP contribution >= 0.6 is 0 Å². The molecule has 1 aliphatic rings. The first-order chi connectivity index (χ1) is 11.5. The largest absolute Gasteiger partial charge is 0.480 e. The summed E-state index contributed by atoms with van der Waals surface area (Å²) in [5.74, 6) is -1.07. The van der Waals surface area contributed by atoms with Gasteiger partial charge in [-0.2, -0.15) is 0 Å². The average molecular weight is 333 g/mol. The average Bonchev–Trinajstić information content (AvgIpc) is 2.55. The Labute approximate surface area is 143 Å². The lowest BCUT2D eigenvalue weighted by Crippen LogP contribution is -2.49. The van der Waals surface area contributed by atoms with Crippen LogP contribution in [0, 0.1) is 0 Å². The molecule has 6 nitrogen and oxygen atoms in total. The van der Waals surface area contributed by atoms with Crippen molar-refractivity contribution in [1.82, 2.24) is 10.2 Å². The minimum Gasteiger partial charge on any atom is -0.480 e. The SMILES string of the molecule is CC(C)N1CCC(NC(=O)CN(CC(=O)O)c2ccccc2)CC1. The first kappa shape index (κ1) is 18.3. The molecule has 1 aromatic rings. The Hall–Kier alpha value is -2.08. The molecule has 24 heavy (non-hydrogen) atoms. The maximum absolute atomic E-state index is 12.3. The predicted octanol–water partition coefficient (Wildman–Crippen LogP) is 1.57. The summed E-state index contributed by atoms with van der Waals surface area (Å²) in [4.78, 5) is 27.4. The molecule has 0 aliphatic carbocycles. The van der Waals surface area contributed by atoms with Gasteiger partial charge in [-0.15, -0.1) is 0 Å². The number of likely N-dealkylation sites (tertiary alicyclic amines) is 1. The van der Waals surface area contributed by atoms with Crippen LogP contribution in [0.5, 0.6) is 0 Å². The summed E-state index contributed by atoms with van der Waals surface area (Å²) in [5.41, 5.74) is 0.740. The molecule has 1 fully saturated rings. The van der Waals surface area contributed by atoms with E-state index in [0.29, 0.717) is 6.04 Å². The van der Waals surface area contributed by atoms with E-state index in [1.807, 2.05) is 30.3 Å². The Morgan fingerprint density at radius 2 is 1.83 bits per heavy atom. The number of aliphatic carboxylic acids is 1. The van der Waals surface area contributed by atoms with Gasteiger partial charge in [0.05, 0.1) is 6.54 Å². The molecule has 0 bridgehead atoms. The number of carboxylic acids is 1. The molecule has 0 spiro atoms. The summed E-state index contributed by atoms with van der Waals surface area (Å²) in [6.45, 7) is 6.20. The van der Waals surface area contributed by atoms with E-state index in [1.54, 1.807) is 4.90 Å². The Bertz CT molecular complexity index is 540. The van der Waals surface area contributed by atoms with E-state index in [-0.39, 0.29) is 25.0 Å². The zero-order valence-electron chi connectivity index (χ0n) is 14.4. The molecule has 0 radical (unpaired) electrons. The van der Waals surface area contributed by atoms with E-state index in [2.05, 4.69) is 24.1 Å². The molecule has 1 heterocycles. The monoisotopic (exact) mass is 333 g/mol. The molecule has 1 aromatic carbocycles. The number of carbonyl (C=O) groups is 2. The van der Waals surface area contributed by atoms with Crippen molar-refractivity contribution < 1.29 is 14.7 Å². The third kappa shape index (κ3) is 5.53. The maximum atomic E-state index is 12.3. The lowest BCUT2D eigenvalue weighted by molar-refractivity contribution is -0.135. The zero-order valence-corrected chi connectivity index (χ0v) is 14.4. The number of nitrogens with zero attached hydrogens (tertiary/aromatic N) is 2. The number of hydrogen-bond donors (Lipinski definition) is 2. The van der Waals surface area contributed by atoms with Gasteiger partial charge in [0.15, 0.2) is 0 Å². The van der Waals surface area contributed by atoms with Gasteiger partial charge in [0, 0.05) is 30.9 Å². The van der Waals surface area contributed by atoms with Gasteiger partial charge in [-0.1, -0.05) is 18.2 Å². The second kappa shape index (κ2) is 8.68. The smallest absolute Gasteiger partial charge is 0.323 e. The minimum absolute atomic E-state index is 0.0563. The third-order valence-electron chi connectivity index (χ3n) is 4.41. The van der Waals surface area contributed by atoms with Crippen LogP contribution in [0.15, 0.2) is 30.3 Å². The number of para-hydroxylation sites is 1. The summed E-state index contributed by atoms with van der Waals surface area (Å²) in [6.07, 6.45) is 1.88. The van der Waals surface area contributed by atoms with Gasteiger partial charge in [0.25, 0.3) is 0 Å². The molecule has 2 rings (SSSR count). The molecular formula is C18H27N3O3. The van der Waals surface area contributed by atoms with Crippen molar-refractivity contribution in [3.8, 4) is 0 Å². The van der Waals surface area contributed by atoms with E-state index < -0.39 is 5.97 Å². The maximum Gasteiger partial charge on any atom is 0.323 e. The van der Waals surface area contributed by atoms with E-state index in [9.17, 15) is 9.59 Å². The molecule has 0 aromatic heterocycles. The molecule has 6 heteroatoms. The van der Waals surface area contributed by atoms with Crippen molar-refractivity contribution in [2.45, 2.75) is 38.8 Å². The Kier molecular flexibility index (Phi) is 6.61. The number of nitrogens with one attached hydrogen (secondary N) is 1. The number of carboxylic acid groups (broad SMARTS) is 1. The van der Waals surface area contributed by atoms with Crippen molar-refractivity contribution in [1.29, 1.82) is 0 Å². The summed E-state index contributed by atoms with van der Waals surface area (Å²) in [7, 11) is 0. The highest BCUT2D eigenvalue weighted by molar-refractivity contribution is 5.84. The fraction of sp³-hybridized carbons (Fsp3) is 0.556. The molecule has 0 saturated carbocycles. The predicted molar refractivity (Wildman–Crippen MR) is 94.2 cm³/mol. The van der Waals surface area contributed by atoms with Gasteiger partial charge < -0.3 is 20.2 Å². The van der Waals surface area contributed by atoms with Crippen LogP contribution in [0.2, 0.25) is 0 Å². The number of piperidine rings is 1. The van der Waals surface area contributed by atoms with E-state index >= 15 is 0 Å². The van der Waals surface area contributed by atoms with E-state index in [0.717, 1.165) is 31.6 Å². The van der Waals surface area contributed by atoms with E-state index in [1.165, 1.54) is 0 Å². The quantitative estimate of drug-likeness (QED) is 0.792. The first-order valence-electron chi connectivity index (χ1n) is 8.51. The fourth-order valence-electron chi connectivity index (χ4n) is 3.05. The number of amides is 1. The number of hydrogen-bond acceptors (Lipinski definition) is 4. The topological polar surface area (TPSA) is 72.9 Å². The molecule has 1 amide bonds. The molecule has 1 aliphatic heterocycles. The highest BCUT2D eigenvalue weighted by Crippen LogP contribution is 2.14. The van der Waals surface area contributed by atoms with Crippen LogP contribution in [0.3, 0.4) is 0 Å². The lowest BCUT2D eigenvalue weighted by atomic mass is 10.0. The highest BCUT2D eigenvalue weighted by atomic mass is 16.4. The van der Waals surface area contributed by atoms with Gasteiger partial charge in [0.2, 0.25) is 5.91 Å². The number of rotatable bonds is 7. The van der Waals surface area contributed by atoms with Gasteiger partial charge >= 0.3 is 5.97 Å². The van der Waals surface area contributed by atoms with Crippen LogP contribution in [0.4, 0.5) is 5.69 Å². The number of carbonyl (C=O) groups excluding carboxylic acids is 1. The number of anilines is 1.